The molecule has 0 spiro atoms. The van der Waals surface area contributed by atoms with E-state index in [1.165, 1.54) is 24.3 Å². The van der Waals surface area contributed by atoms with Crippen LogP contribution in [-0.4, -0.2) is 6.36 Å². The summed E-state index contributed by atoms with van der Waals surface area (Å²) in [5, 5.41) is 8.79. The van der Waals surface area contributed by atoms with Gasteiger partial charge in [0.1, 0.15) is 17.6 Å². The lowest BCUT2D eigenvalue weighted by molar-refractivity contribution is -0.274. The smallest absolute Gasteiger partial charge is 0.406 e. The SMILES string of the molecule is Cl.N#Cc1cc([C@@H](N)c2ccc(OC(F)(F)F)cc2)ccc1F. The highest BCUT2D eigenvalue weighted by atomic mass is 35.5. The molecule has 0 saturated carbocycles. The highest BCUT2D eigenvalue weighted by Gasteiger charge is 2.31. The number of alkyl halides is 3. The van der Waals surface area contributed by atoms with Crippen LogP contribution in [0.3, 0.4) is 0 Å². The second-order valence-corrected chi connectivity index (χ2v) is 4.45. The Morgan fingerprint density at radius 2 is 1.61 bits per heavy atom. The zero-order chi connectivity index (χ0) is 16.3. The second-order valence-electron chi connectivity index (χ2n) is 4.45. The molecule has 0 bridgehead atoms. The topological polar surface area (TPSA) is 59.0 Å². The standard InChI is InChI=1S/C15H10F4N2O.ClH/c16-13-6-3-10(7-11(13)8-20)14(21)9-1-4-12(5-2-9)22-15(17,18)19;/h1-7,14H,21H2;1H/t14-;/m0./s1. The van der Waals surface area contributed by atoms with Crippen LogP contribution in [0.2, 0.25) is 0 Å². The quantitative estimate of drug-likeness (QED) is 0.852. The molecule has 2 rings (SSSR count). The Bertz CT molecular complexity index is 711. The third-order valence-corrected chi connectivity index (χ3v) is 2.94. The molecule has 0 saturated heterocycles. The van der Waals surface area contributed by atoms with Crippen molar-refractivity contribution in [2.24, 2.45) is 5.73 Å². The number of nitriles is 1. The molecule has 0 fully saturated rings. The number of hydrogen-bond donors (Lipinski definition) is 1. The first-order chi connectivity index (χ1) is 10.3. The van der Waals surface area contributed by atoms with Crippen molar-refractivity contribution in [2.75, 3.05) is 0 Å². The van der Waals surface area contributed by atoms with Gasteiger partial charge in [-0.15, -0.1) is 25.6 Å². The van der Waals surface area contributed by atoms with Gasteiger partial charge < -0.3 is 10.5 Å². The van der Waals surface area contributed by atoms with Crippen LogP contribution in [0.1, 0.15) is 22.7 Å². The lowest BCUT2D eigenvalue weighted by Gasteiger charge is -2.14. The summed E-state index contributed by atoms with van der Waals surface area (Å²) in [7, 11) is 0. The molecule has 122 valence electrons. The van der Waals surface area contributed by atoms with Gasteiger partial charge >= 0.3 is 6.36 Å². The molecular formula is C15H11ClF4N2O. The number of rotatable bonds is 3. The molecule has 2 N–H and O–H groups in total. The van der Waals surface area contributed by atoms with Crippen molar-refractivity contribution in [3.8, 4) is 11.8 Å². The second kappa shape index (κ2) is 7.31. The van der Waals surface area contributed by atoms with Crippen LogP contribution in [-0.2, 0) is 0 Å². The van der Waals surface area contributed by atoms with Gasteiger partial charge in [-0.1, -0.05) is 18.2 Å². The third kappa shape index (κ3) is 4.84. The van der Waals surface area contributed by atoms with Gasteiger partial charge in [0.05, 0.1) is 11.6 Å². The van der Waals surface area contributed by atoms with Crippen molar-refractivity contribution in [3.05, 3.63) is 65.0 Å². The Morgan fingerprint density at radius 3 is 2.13 bits per heavy atom. The molecule has 0 heterocycles. The molecule has 2 aromatic carbocycles. The zero-order valence-corrected chi connectivity index (χ0v) is 12.3. The summed E-state index contributed by atoms with van der Waals surface area (Å²) in [4.78, 5) is 0. The summed E-state index contributed by atoms with van der Waals surface area (Å²) >= 11 is 0. The van der Waals surface area contributed by atoms with E-state index in [9.17, 15) is 17.6 Å². The first kappa shape index (κ1) is 18.7. The molecule has 0 unspecified atom stereocenters. The van der Waals surface area contributed by atoms with Crippen LogP contribution in [0.4, 0.5) is 17.6 Å². The number of ether oxygens (including phenoxy) is 1. The first-order valence-corrected chi connectivity index (χ1v) is 6.11. The fraction of sp³-hybridized carbons (Fsp3) is 0.133. The predicted molar refractivity (Wildman–Crippen MR) is 77.5 cm³/mol. The van der Waals surface area contributed by atoms with Crippen molar-refractivity contribution >= 4 is 12.4 Å². The maximum absolute atomic E-state index is 13.3. The lowest BCUT2D eigenvalue weighted by Crippen LogP contribution is -2.17. The molecule has 0 aromatic heterocycles. The zero-order valence-electron chi connectivity index (χ0n) is 11.5. The first-order valence-electron chi connectivity index (χ1n) is 6.11. The Kier molecular flexibility index (Phi) is 5.96. The lowest BCUT2D eigenvalue weighted by atomic mass is 9.98. The van der Waals surface area contributed by atoms with E-state index in [4.69, 9.17) is 11.0 Å². The van der Waals surface area contributed by atoms with Crippen LogP contribution in [0.15, 0.2) is 42.5 Å². The highest BCUT2D eigenvalue weighted by Crippen LogP contribution is 2.26. The Labute approximate surface area is 135 Å². The van der Waals surface area contributed by atoms with Gasteiger partial charge in [-0.05, 0) is 35.4 Å². The van der Waals surface area contributed by atoms with Crippen LogP contribution in [0.25, 0.3) is 0 Å². The fourth-order valence-corrected chi connectivity index (χ4v) is 1.89. The molecular weight excluding hydrogens is 336 g/mol. The normalized spacial score (nSPS) is 12.0. The summed E-state index contributed by atoms with van der Waals surface area (Å²) < 4.78 is 53.2. The molecule has 0 amide bonds. The average Bonchev–Trinajstić information content (AvgIpc) is 2.46. The van der Waals surface area contributed by atoms with Crippen molar-refractivity contribution in [2.45, 2.75) is 12.4 Å². The summed E-state index contributed by atoms with van der Waals surface area (Å²) in [5.41, 5.74) is 6.80. The Hall–Kier alpha value is -2.30. The van der Waals surface area contributed by atoms with E-state index in [0.717, 1.165) is 18.2 Å². The average molecular weight is 347 g/mol. The molecule has 0 aliphatic rings. The number of halogens is 5. The van der Waals surface area contributed by atoms with Gasteiger partial charge in [-0.3, -0.25) is 0 Å². The minimum absolute atomic E-state index is 0. The molecule has 0 aliphatic heterocycles. The molecule has 0 radical (unpaired) electrons. The maximum Gasteiger partial charge on any atom is 0.573 e. The Morgan fingerprint density at radius 1 is 1.04 bits per heavy atom. The minimum atomic E-state index is -4.76. The fourth-order valence-electron chi connectivity index (χ4n) is 1.89. The van der Waals surface area contributed by atoms with Gasteiger partial charge in [-0.2, -0.15) is 5.26 Å². The molecule has 1 atom stereocenters. The van der Waals surface area contributed by atoms with Gasteiger partial charge in [0.25, 0.3) is 0 Å². The molecule has 2 aromatic rings. The van der Waals surface area contributed by atoms with Gasteiger partial charge in [-0.25, -0.2) is 4.39 Å². The van der Waals surface area contributed by atoms with E-state index in [2.05, 4.69) is 4.74 Å². The van der Waals surface area contributed by atoms with Crippen molar-refractivity contribution < 1.29 is 22.3 Å². The largest absolute Gasteiger partial charge is 0.573 e. The molecule has 3 nitrogen and oxygen atoms in total. The van der Waals surface area contributed by atoms with E-state index >= 15 is 0 Å². The van der Waals surface area contributed by atoms with E-state index in [-0.39, 0.29) is 23.7 Å². The van der Waals surface area contributed by atoms with Gasteiger partial charge in [0.15, 0.2) is 0 Å². The van der Waals surface area contributed by atoms with Crippen LogP contribution < -0.4 is 10.5 Å². The van der Waals surface area contributed by atoms with Crippen molar-refractivity contribution in [3.63, 3.8) is 0 Å². The molecule has 8 heteroatoms. The van der Waals surface area contributed by atoms with Crippen LogP contribution >= 0.6 is 12.4 Å². The molecule has 0 aliphatic carbocycles. The third-order valence-electron chi connectivity index (χ3n) is 2.94. The van der Waals surface area contributed by atoms with Crippen LogP contribution in [0.5, 0.6) is 5.75 Å². The summed E-state index contributed by atoms with van der Waals surface area (Å²) in [6.07, 6.45) is -4.76. The number of nitrogens with zero attached hydrogens (tertiary/aromatic N) is 1. The van der Waals surface area contributed by atoms with Crippen molar-refractivity contribution in [1.82, 2.24) is 0 Å². The van der Waals surface area contributed by atoms with Gasteiger partial charge in [0, 0.05) is 0 Å². The van der Waals surface area contributed by atoms with E-state index < -0.39 is 18.2 Å². The van der Waals surface area contributed by atoms with Crippen LogP contribution in [0, 0.1) is 17.1 Å². The van der Waals surface area contributed by atoms with Gasteiger partial charge in [0.2, 0.25) is 0 Å². The van der Waals surface area contributed by atoms with E-state index in [1.807, 2.05) is 0 Å². The summed E-state index contributed by atoms with van der Waals surface area (Å²) in [6.45, 7) is 0. The summed E-state index contributed by atoms with van der Waals surface area (Å²) in [6, 6.07) is 9.87. The van der Waals surface area contributed by atoms with E-state index in [0.29, 0.717) is 11.1 Å². The highest BCUT2D eigenvalue weighted by molar-refractivity contribution is 5.85. The molecule has 23 heavy (non-hydrogen) atoms. The predicted octanol–water partition coefficient (Wildman–Crippen LogP) is 4.07. The van der Waals surface area contributed by atoms with E-state index in [1.54, 1.807) is 6.07 Å². The Balaban J connectivity index is 0.00000264. The number of hydrogen-bond acceptors (Lipinski definition) is 3. The summed E-state index contributed by atoms with van der Waals surface area (Å²) in [5.74, 6) is -1.02. The monoisotopic (exact) mass is 346 g/mol. The van der Waals surface area contributed by atoms with Crippen molar-refractivity contribution in [1.29, 1.82) is 5.26 Å². The minimum Gasteiger partial charge on any atom is -0.406 e. The number of nitrogens with two attached hydrogens (primary N) is 1. The maximum atomic E-state index is 13.3. The number of benzene rings is 2.